The first kappa shape index (κ1) is 13.8. The lowest BCUT2D eigenvalue weighted by Gasteiger charge is -2.24. The first-order chi connectivity index (χ1) is 6.30. The number of nitrogens with two attached hydrogens (primary N) is 1. The van der Waals surface area contributed by atoms with Gasteiger partial charge < -0.3 is 11.1 Å². The highest BCUT2D eigenvalue weighted by atomic mass is 32.2. The predicted molar refractivity (Wildman–Crippen MR) is 63.4 cm³/mol. The van der Waals surface area contributed by atoms with Crippen LogP contribution in [-0.4, -0.2) is 29.5 Å². The maximum Gasteiger partial charge on any atom is 0.237 e. The summed E-state index contributed by atoms with van der Waals surface area (Å²) >= 11 is 1.73. The minimum absolute atomic E-state index is 0.0536. The third-order valence-corrected chi connectivity index (χ3v) is 3.51. The molecule has 0 aromatic carbocycles. The quantitative estimate of drug-likeness (QED) is 0.729. The summed E-state index contributed by atoms with van der Waals surface area (Å²) in [5.74, 6) is 0.134. The van der Waals surface area contributed by atoms with Crippen molar-refractivity contribution in [3.63, 3.8) is 0 Å². The van der Waals surface area contributed by atoms with Crippen LogP contribution in [0.2, 0.25) is 0 Å². The lowest BCUT2D eigenvalue weighted by Crippen LogP contribution is -2.47. The summed E-state index contributed by atoms with van der Waals surface area (Å²) in [6, 6.07) is -0.396. The summed E-state index contributed by atoms with van der Waals surface area (Å²) in [4.78, 5) is 11.5. The minimum Gasteiger partial charge on any atom is -0.353 e. The van der Waals surface area contributed by atoms with Crippen LogP contribution in [0, 0.1) is 5.92 Å². The molecule has 0 spiro atoms. The molecule has 0 aliphatic carbocycles. The lowest BCUT2D eigenvalue weighted by atomic mass is 10.0. The third-order valence-electron chi connectivity index (χ3n) is 2.26. The highest BCUT2D eigenvalue weighted by Crippen LogP contribution is 2.19. The molecule has 0 heterocycles. The molecule has 0 radical (unpaired) electrons. The molecule has 1 unspecified atom stereocenters. The number of nitrogens with one attached hydrogen (secondary N) is 1. The van der Waals surface area contributed by atoms with E-state index in [1.165, 1.54) is 0 Å². The molecule has 3 N–H and O–H groups in total. The number of hydrogen-bond acceptors (Lipinski definition) is 3. The van der Waals surface area contributed by atoms with Gasteiger partial charge in [0.1, 0.15) is 0 Å². The Bertz CT molecular complexity index is 193. The molecule has 0 aliphatic heterocycles. The minimum atomic E-state index is -0.396. The van der Waals surface area contributed by atoms with Crippen molar-refractivity contribution in [3.8, 4) is 0 Å². The van der Waals surface area contributed by atoms with E-state index in [0.29, 0.717) is 6.54 Å². The average molecular weight is 218 g/mol. The number of carbonyl (C=O) groups excluding carboxylic acids is 1. The van der Waals surface area contributed by atoms with E-state index in [4.69, 9.17) is 5.73 Å². The van der Waals surface area contributed by atoms with Gasteiger partial charge in [-0.3, -0.25) is 4.79 Å². The molecule has 1 amide bonds. The topological polar surface area (TPSA) is 55.1 Å². The molecule has 4 heteroatoms. The number of hydrogen-bond donors (Lipinski definition) is 2. The molecule has 0 aromatic heterocycles. The summed E-state index contributed by atoms with van der Waals surface area (Å²) in [6.07, 6.45) is 2.04. The Morgan fingerprint density at radius 2 is 2.00 bits per heavy atom. The van der Waals surface area contributed by atoms with Crippen LogP contribution in [0.25, 0.3) is 0 Å². The van der Waals surface area contributed by atoms with Crippen LogP contribution in [-0.2, 0) is 4.79 Å². The van der Waals surface area contributed by atoms with E-state index in [-0.39, 0.29) is 16.6 Å². The van der Waals surface area contributed by atoms with Crippen LogP contribution in [0.4, 0.5) is 0 Å². The van der Waals surface area contributed by atoms with Crippen molar-refractivity contribution >= 4 is 17.7 Å². The molecule has 0 rings (SSSR count). The zero-order valence-electron chi connectivity index (χ0n) is 9.76. The maximum absolute atomic E-state index is 11.5. The number of amides is 1. The predicted octanol–water partition coefficient (Wildman–Crippen LogP) is 1.23. The van der Waals surface area contributed by atoms with Crippen molar-refractivity contribution in [2.24, 2.45) is 11.7 Å². The van der Waals surface area contributed by atoms with Gasteiger partial charge in [0.2, 0.25) is 5.91 Å². The van der Waals surface area contributed by atoms with Crippen molar-refractivity contribution < 1.29 is 4.79 Å². The van der Waals surface area contributed by atoms with E-state index in [9.17, 15) is 4.79 Å². The maximum atomic E-state index is 11.5. The first-order valence-electron chi connectivity index (χ1n) is 4.88. The summed E-state index contributed by atoms with van der Waals surface area (Å²) < 4.78 is 0.0758. The van der Waals surface area contributed by atoms with E-state index in [1.807, 2.05) is 20.1 Å². The molecule has 1 atom stereocenters. The lowest BCUT2D eigenvalue weighted by molar-refractivity contribution is -0.123. The van der Waals surface area contributed by atoms with Crippen molar-refractivity contribution in [3.05, 3.63) is 0 Å². The Hall–Kier alpha value is -0.220. The fraction of sp³-hybridized carbons (Fsp3) is 0.900. The van der Waals surface area contributed by atoms with Gasteiger partial charge in [0, 0.05) is 11.3 Å². The molecule has 0 bridgehead atoms. The smallest absolute Gasteiger partial charge is 0.237 e. The normalized spacial score (nSPS) is 14.2. The van der Waals surface area contributed by atoms with Gasteiger partial charge >= 0.3 is 0 Å². The summed E-state index contributed by atoms with van der Waals surface area (Å²) in [5, 5.41) is 2.87. The van der Waals surface area contributed by atoms with Crippen molar-refractivity contribution in [2.75, 3.05) is 12.8 Å². The van der Waals surface area contributed by atoms with Gasteiger partial charge in [-0.05, 0) is 26.0 Å². The Kier molecular flexibility index (Phi) is 5.52. The monoisotopic (exact) mass is 218 g/mol. The zero-order valence-corrected chi connectivity index (χ0v) is 10.6. The van der Waals surface area contributed by atoms with Crippen LogP contribution in [0.5, 0.6) is 0 Å². The number of thioether (sulfide) groups is 1. The fourth-order valence-electron chi connectivity index (χ4n) is 0.793. The first-order valence-corrected chi connectivity index (χ1v) is 6.11. The second-order valence-corrected chi connectivity index (χ2v) is 5.96. The molecule has 14 heavy (non-hydrogen) atoms. The summed E-state index contributed by atoms with van der Waals surface area (Å²) in [6.45, 7) is 8.75. The van der Waals surface area contributed by atoms with Gasteiger partial charge in [0.05, 0.1) is 6.04 Å². The fourth-order valence-corrected chi connectivity index (χ4v) is 1.01. The molecule has 3 nitrogen and oxygen atoms in total. The Morgan fingerprint density at radius 3 is 2.36 bits per heavy atom. The second-order valence-electron chi connectivity index (χ2n) is 4.45. The van der Waals surface area contributed by atoms with Crippen molar-refractivity contribution in [1.82, 2.24) is 5.32 Å². The Morgan fingerprint density at radius 1 is 1.50 bits per heavy atom. The van der Waals surface area contributed by atoms with Gasteiger partial charge in [0.25, 0.3) is 0 Å². The summed E-state index contributed by atoms with van der Waals surface area (Å²) in [5.41, 5.74) is 5.71. The van der Waals surface area contributed by atoms with Gasteiger partial charge in [-0.15, -0.1) is 0 Å². The second kappa shape index (κ2) is 5.61. The number of carbonyl (C=O) groups is 1. The highest BCUT2D eigenvalue weighted by Gasteiger charge is 2.21. The van der Waals surface area contributed by atoms with E-state index in [1.54, 1.807) is 11.8 Å². The van der Waals surface area contributed by atoms with Crippen molar-refractivity contribution in [2.45, 2.75) is 38.5 Å². The molecule has 0 aliphatic rings. The molecule has 0 saturated carbocycles. The van der Waals surface area contributed by atoms with Gasteiger partial charge in [-0.25, -0.2) is 0 Å². The van der Waals surface area contributed by atoms with Crippen LogP contribution in [0.3, 0.4) is 0 Å². The Labute approximate surface area is 91.2 Å². The van der Waals surface area contributed by atoms with Crippen molar-refractivity contribution in [1.29, 1.82) is 0 Å². The van der Waals surface area contributed by atoms with E-state index >= 15 is 0 Å². The average Bonchev–Trinajstić information content (AvgIpc) is 2.13. The molecule has 0 aromatic rings. The van der Waals surface area contributed by atoms with Crippen LogP contribution in [0.1, 0.15) is 27.7 Å². The summed E-state index contributed by atoms with van der Waals surface area (Å²) in [7, 11) is 0. The largest absolute Gasteiger partial charge is 0.353 e. The van der Waals surface area contributed by atoms with Gasteiger partial charge in [-0.2, -0.15) is 11.8 Å². The zero-order chi connectivity index (χ0) is 11.4. The third kappa shape index (κ3) is 4.86. The highest BCUT2D eigenvalue weighted by molar-refractivity contribution is 7.99. The molecular weight excluding hydrogens is 196 g/mol. The SMILES string of the molecule is CSC(C)(C)CNC(=O)C(N)C(C)C. The molecule has 0 saturated heterocycles. The van der Waals surface area contributed by atoms with E-state index in [2.05, 4.69) is 19.2 Å². The van der Waals surface area contributed by atoms with E-state index < -0.39 is 6.04 Å². The van der Waals surface area contributed by atoms with Crippen LogP contribution in [0.15, 0.2) is 0 Å². The standard InChI is InChI=1S/C10H22N2OS/c1-7(2)8(11)9(13)12-6-10(3,4)14-5/h7-8H,6,11H2,1-5H3,(H,12,13). The van der Waals surface area contributed by atoms with E-state index in [0.717, 1.165) is 0 Å². The van der Waals surface area contributed by atoms with Crippen LogP contribution < -0.4 is 11.1 Å². The van der Waals surface area contributed by atoms with Gasteiger partial charge in [-0.1, -0.05) is 13.8 Å². The van der Waals surface area contributed by atoms with Gasteiger partial charge in [0.15, 0.2) is 0 Å². The molecule has 84 valence electrons. The molecule has 0 fully saturated rings. The molecular formula is C10H22N2OS. The van der Waals surface area contributed by atoms with Crippen LogP contribution >= 0.6 is 11.8 Å². The Balaban J connectivity index is 3.97. The number of rotatable bonds is 5.